The fraction of sp³-hybridized carbons (Fsp3) is 0.448. The number of carbonyl (C=O) groups is 1. The zero-order valence-electron chi connectivity index (χ0n) is 22.2. The molecule has 0 bridgehead atoms. The minimum absolute atomic E-state index is 0.206. The molecule has 3 N–H and O–H groups in total. The van der Waals surface area contributed by atoms with Crippen molar-refractivity contribution in [3.05, 3.63) is 83.1 Å². The molecule has 0 aliphatic carbocycles. The number of nitrogens with two attached hydrogens (primary N) is 1. The van der Waals surface area contributed by atoms with E-state index in [-0.39, 0.29) is 5.78 Å². The first-order valence-electron chi connectivity index (χ1n) is 11.7. The van der Waals surface area contributed by atoms with E-state index in [4.69, 9.17) is 22.7 Å². The van der Waals surface area contributed by atoms with Crippen LogP contribution in [0, 0.1) is 11.3 Å². The standard InChI is InChI=1S/C16H26N2.C11H15ClO.C2H6/c1-6-9-12(4)15(13(5)17)16(18)14(10-7-2)11-8-3;1-4-11(7-5-9(2)12)8-6-10(3)13;1-2/h7-8,10-12,18H,2,6,9,17H2,1,3-5H3;4-5,7H,2,6,8H2,1,3H3;1-2H3/b11-8-,14-10+,15-13-,18-16?;7-5-,11-4+;. The number of Topliss-reactive ketones (excluding diaryl/α,β-unsaturated/α-hetero) is 1. The lowest BCUT2D eigenvalue weighted by atomic mass is 9.87. The van der Waals surface area contributed by atoms with Crippen molar-refractivity contribution in [1.29, 1.82) is 5.41 Å². The second kappa shape index (κ2) is 22.8. The molecule has 0 amide bonds. The van der Waals surface area contributed by atoms with Crippen LogP contribution < -0.4 is 5.73 Å². The SMILES string of the molecule is C=C(Cl)/C=C\C(=C/C)CCC(C)=O.C=C/C=C(\C=C/C)C(=N)/C(=C(/C)N)C(C)CCC.CC. The van der Waals surface area contributed by atoms with Gasteiger partial charge in [-0.3, -0.25) is 5.41 Å². The average Bonchev–Trinajstić information content (AvgIpc) is 2.75. The summed E-state index contributed by atoms with van der Waals surface area (Å²) in [6, 6.07) is 0. The highest BCUT2D eigenvalue weighted by atomic mass is 35.5. The molecule has 186 valence electrons. The summed E-state index contributed by atoms with van der Waals surface area (Å²) in [4.78, 5) is 10.7. The molecular weight excluding hydrogens is 428 g/mol. The number of carbonyl (C=O) groups excluding carboxylic acids is 1. The van der Waals surface area contributed by atoms with Crippen molar-refractivity contribution in [3.8, 4) is 0 Å². The largest absolute Gasteiger partial charge is 0.402 e. The van der Waals surface area contributed by atoms with Gasteiger partial charge in [-0.15, -0.1) is 0 Å². The Bertz CT molecular complexity index is 760. The fourth-order valence-corrected chi connectivity index (χ4v) is 3.00. The molecule has 0 rings (SSSR count). The van der Waals surface area contributed by atoms with Crippen molar-refractivity contribution in [2.24, 2.45) is 11.7 Å². The molecule has 1 atom stereocenters. The molecule has 1 unspecified atom stereocenters. The zero-order chi connectivity index (χ0) is 26.4. The summed E-state index contributed by atoms with van der Waals surface area (Å²) >= 11 is 5.57. The second-order valence-corrected chi connectivity index (χ2v) is 7.85. The van der Waals surface area contributed by atoms with Crippen molar-refractivity contribution < 1.29 is 4.79 Å². The Morgan fingerprint density at radius 1 is 1.12 bits per heavy atom. The highest BCUT2D eigenvalue weighted by Crippen LogP contribution is 2.23. The van der Waals surface area contributed by atoms with Crippen LogP contribution >= 0.6 is 11.6 Å². The van der Waals surface area contributed by atoms with Crippen LogP contribution in [0.3, 0.4) is 0 Å². The highest BCUT2D eigenvalue weighted by Gasteiger charge is 2.17. The summed E-state index contributed by atoms with van der Waals surface area (Å²) in [7, 11) is 0. The Morgan fingerprint density at radius 3 is 2.06 bits per heavy atom. The summed E-state index contributed by atoms with van der Waals surface area (Å²) < 4.78 is 0. The van der Waals surface area contributed by atoms with Crippen LogP contribution in [0.5, 0.6) is 0 Å². The van der Waals surface area contributed by atoms with Gasteiger partial charge in [0.15, 0.2) is 0 Å². The molecule has 0 radical (unpaired) electrons. The molecule has 0 spiro atoms. The Kier molecular flexibility index (Phi) is 24.3. The maximum absolute atomic E-state index is 10.7. The first-order chi connectivity index (χ1) is 15.5. The number of nitrogens with one attached hydrogen (secondary N) is 1. The van der Waals surface area contributed by atoms with Gasteiger partial charge in [0.1, 0.15) is 5.78 Å². The van der Waals surface area contributed by atoms with Crippen LogP contribution in [0.15, 0.2) is 83.1 Å². The monoisotopic (exact) mass is 474 g/mol. The molecule has 0 aromatic heterocycles. The van der Waals surface area contributed by atoms with E-state index in [1.54, 1.807) is 19.1 Å². The predicted octanol–water partition coefficient (Wildman–Crippen LogP) is 9.00. The third kappa shape index (κ3) is 18.8. The van der Waals surface area contributed by atoms with E-state index in [9.17, 15) is 4.79 Å². The number of hydrogen-bond donors (Lipinski definition) is 2. The van der Waals surface area contributed by atoms with E-state index in [0.717, 1.165) is 41.7 Å². The highest BCUT2D eigenvalue weighted by molar-refractivity contribution is 6.30. The van der Waals surface area contributed by atoms with Crippen molar-refractivity contribution in [1.82, 2.24) is 0 Å². The van der Waals surface area contributed by atoms with Gasteiger partial charge in [0.2, 0.25) is 0 Å². The van der Waals surface area contributed by atoms with Crippen LogP contribution in [0.25, 0.3) is 0 Å². The molecule has 0 aromatic carbocycles. The van der Waals surface area contributed by atoms with Gasteiger partial charge in [0.05, 0.1) is 5.71 Å². The van der Waals surface area contributed by atoms with E-state index in [1.165, 1.54) is 0 Å². The minimum atomic E-state index is 0.206. The minimum Gasteiger partial charge on any atom is -0.402 e. The molecule has 0 fully saturated rings. The first-order valence-corrected chi connectivity index (χ1v) is 12.1. The Hall–Kier alpha value is -2.39. The van der Waals surface area contributed by atoms with Gasteiger partial charge in [-0.1, -0.05) is 101 Å². The van der Waals surface area contributed by atoms with E-state index in [2.05, 4.69) is 27.0 Å². The quantitative estimate of drug-likeness (QED) is 0.219. The van der Waals surface area contributed by atoms with Gasteiger partial charge in [-0.2, -0.15) is 0 Å². The molecule has 0 heterocycles. The van der Waals surface area contributed by atoms with E-state index >= 15 is 0 Å². The molecule has 4 heteroatoms. The third-order valence-corrected chi connectivity index (χ3v) is 4.58. The van der Waals surface area contributed by atoms with Gasteiger partial charge in [-0.25, -0.2) is 0 Å². The predicted molar refractivity (Wildman–Crippen MR) is 151 cm³/mol. The fourth-order valence-electron chi connectivity index (χ4n) is 2.94. The smallest absolute Gasteiger partial charge is 0.130 e. The molecule has 3 nitrogen and oxygen atoms in total. The zero-order valence-corrected chi connectivity index (χ0v) is 23.0. The van der Waals surface area contributed by atoms with E-state index in [0.29, 0.717) is 23.1 Å². The van der Waals surface area contributed by atoms with Crippen molar-refractivity contribution in [2.45, 2.75) is 81.1 Å². The van der Waals surface area contributed by atoms with Crippen molar-refractivity contribution in [3.63, 3.8) is 0 Å². The lowest BCUT2D eigenvalue weighted by molar-refractivity contribution is -0.116. The molecule has 0 saturated heterocycles. The van der Waals surface area contributed by atoms with E-state index < -0.39 is 0 Å². The summed E-state index contributed by atoms with van der Waals surface area (Å²) in [5, 5.41) is 8.85. The first kappa shape index (κ1) is 35.2. The number of rotatable bonds is 12. The van der Waals surface area contributed by atoms with Crippen LogP contribution in [0.1, 0.15) is 81.1 Å². The van der Waals surface area contributed by atoms with Crippen LogP contribution in [0.2, 0.25) is 0 Å². The third-order valence-electron chi connectivity index (χ3n) is 4.46. The summed E-state index contributed by atoms with van der Waals surface area (Å²) in [6.45, 7) is 22.9. The lowest BCUT2D eigenvalue weighted by Gasteiger charge is -2.19. The van der Waals surface area contributed by atoms with Gasteiger partial charge < -0.3 is 10.5 Å². The maximum atomic E-state index is 10.7. The molecule has 0 aliphatic heterocycles. The van der Waals surface area contributed by atoms with Gasteiger partial charge in [-0.05, 0) is 63.7 Å². The molecular formula is C29H47ClN2O. The second-order valence-electron chi connectivity index (χ2n) is 7.36. The number of hydrogen-bond acceptors (Lipinski definition) is 3. The van der Waals surface area contributed by atoms with Crippen molar-refractivity contribution >= 4 is 23.1 Å². The van der Waals surface area contributed by atoms with Crippen molar-refractivity contribution in [2.75, 3.05) is 0 Å². The summed E-state index contributed by atoms with van der Waals surface area (Å²) in [5.74, 6) is 0.517. The lowest BCUT2D eigenvalue weighted by Crippen LogP contribution is -2.16. The Morgan fingerprint density at radius 2 is 1.70 bits per heavy atom. The van der Waals surface area contributed by atoms with Gasteiger partial charge in [0, 0.05) is 17.2 Å². The van der Waals surface area contributed by atoms with Crippen LogP contribution in [0.4, 0.5) is 0 Å². The number of halogens is 1. The Balaban J connectivity index is -0.000000530. The van der Waals surface area contributed by atoms with Gasteiger partial charge in [0.25, 0.3) is 0 Å². The molecule has 0 saturated carbocycles. The normalized spacial score (nSPS) is 13.4. The molecule has 0 aromatic rings. The topological polar surface area (TPSA) is 66.9 Å². The summed E-state index contributed by atoms with van der Waals surface area (Å²) in [5.41, 5.74) is 10.1. The van der Waals surface area contributed by atoms with Gasteiger partial charge >= 0.3 is 0 Å². The Labute approximate surface area is 209 Å². The molecule has 0 aliphatic rings. The molecule has 33 heavy (non-hydrogen) atoms. The number of allylic oxidation sites excluding steroid dienone is 12. The van der Waals surface area contributed by atoms with E-state index in [1.807, 2.05) is 65.0 Å². The van der Waals surface area contributed by atoms with Crippen LogP contribution in [-0.4, -0.2) is 11.5 Å². The number of ketones is 1. The van der Waals surface area contributed by atoms with Crippen LogP contribution in [-0.2, 0) is 4.79 Å². The maximum Gasteiger partial charge on any atom is 0.130 e. The average molecular weight is 475 g/mol. The summed E-state index contributed by atoms with van der Waals surface area (Å²) in [6.07, 6.45) is 16.5.